The van der Waals surface area contributed by atoms with Crippen LogP contribution < -0.4 is 10.6 Å². The largest absolute Gasteiger partial charge is 0.356 e. The van der Waals surface area contributed by atoms with Gasteiger partial charge in [0.1, 0.15) is 0 Å². The molecule has 0 saturated carbocycles. The van der Waals surface area contributed by atoms with Crippen molar-refractivity contribution in [1.29, 1.82) is 0 Å². The van der Waals surface area contributed by atoms with E-state index in [0.29, 0.717) is 24.5 Å². The van der Waals surface area contributed by atoms with Crippen molar-refractivity contribution in [3.8, 4) is 0 Å². The van der Waals surface area contributed by atoms with E-state index in [4.69, 9.17) is 0 Å². The number of benzene rings is 1. The molecule has 0 atom stereocenters. The molecule has 0 bridgehead atoms. The molecule has 3 rings (SSSR count). The van der Waals surface area contributed by atoms with Crippen LogP contribution in [0.1, 0.15) is 51.0 Å². The summed E-state index contributed by atoms with van der Waals surface area (Å²) in [5, 5.41) is 6.69. The van der Waals surface area contributed by atoms with Crippen LogP contribution in [0.3, 0.4) is 0 Å². The Hall–Kier alpha value is -0.910. The minimum Gasteiger partial charge on any atom is -0.356 e. The van der Waals surface area contributed by atoms with Gasteiger partial charge in [0.05, 0.1) is 4.90 Å². The van der Waals surface area contributed by atoms with Crippen molar-refractivity contribution < 1.29 is 8.42 Å². The molecular weight excluding hydrogens is 537 g/mol. The highest BCUT2D eigenvalue weighted by atomic mass is 127. The third-order valence-corrected chi connectivity index (χ3v) is 8.29. The van der Waals surface area contributed by atoms with Gasteiger partial charge >= 0.3 is 0 Å². The molecule has 7 nitrogen and oxygen atoms in total. The van der Waals surface area contributed by atoms with Gasteiger partial charge in [-0.15, -0.1) is 24.0 Å². The van der Waals surface area contributed by atoms with Gasteiger partial charge in [0.15, 0.2) is 5.96 Å². The van der Waals surface area contributed by atoms with Crippen molar-refractivity contribution in [3.05, 3.63) is 29.8 Å². The van der Waals surface area contributed by atoms with E-state index in [1.54, 1.807) is 23.5 Å². The van der Waals surface area contributed by atoms with Crippen LogP contribution in [0.2, 0.25) is 0 Å². The van der Waals surface area contributed by atoms with E-state index in [0.717, 1.165) is 56.2 Å². The first-order valence-corrected chi connectivity index (χ1v) is 13.2. The molecule has 2 fully saturated rings. The number of likely N-dealkylation sites (tertiary alicyclic amines) is 1. The molecule has 2 saturated heterocycles. The Bertz CT molecular complexity index is 802. The van der Waals surface area contributed by atoms with Crippen molar-refractivity contribution in [2.45, 2.75) is 56.9 Å². The van der Waals surface area contributed by atoms with E-state index in [9.17, 15) is 8.42 Å². The summed E-state index contributed by atoms with van der Waals surface area (Å²) in [6.07, 6.45) is 6.74. The third kappa shape index (κ3) is 8.14. The predicted octanol–water partition coefficient (Wildman–Crippen LogP) is 3.27. The number of piperidine rings is 2. The number of nitrogens with zero attached hydrogens (tertiary/aromatic N) is 3. The molecule has 1 aromatic rings. The lowest BCUT2D eigenvalue weighted by atomic mass is 9.99. The fourth-order valence-corrected chi connectivity index (χ4v) is 5.75. The first kappa shape index (κ1) is 27.3. The summed E-state index contributed by atoms with van der Waals surface area (Å²) < 4.78 is 27.1. The summed E-state index contributed by atoms with van der Waals surface area (Å²) in [6, 6.07) is 7.20. The second-order valence-electron chi connectivity index (χ2n) is 8.84. The molecule has 0 unspecified atom stereocenters. The topological polar surface area (TPSA) is 77.0 Å². The summed E-state index contributed by atoms with van der Waals surface area (Å²) in [5.74, 6) is 1.65. The Morgan fingerprint density at radius 3 is 2.31 bits per heavy atom. The van der Waals surface area contributed by atoms with Crippen molar-refractivity contribution in [2.75, 3.05) is 46.3 Å². The fraction of sp³-hybridized carbons (Fsp3) is 0.696. The van der Waals surface area contributed by atoms with Crippen LogP contribution in [0.15, 0.2) is 34.2 Å². The first-order chi connectivity index (χ1) is 15.0. The first-order valence-electron chi connectivity index (χ1n) is 11.7. The zero-order chi connectivity index (χ0) is 22.1. The van der Waals surface area contributed by atoms with Gasteiger partial charge in [-0.25, -0.2) is 8.42 Å². The van der Waals surface area contributed by atoms with Gasteiger partial charge in [0.25, 0.3) is 0 Å². The number of nitrogens with one attached hydrogen (secondary N) is 2. The molecule has 0 radical (unpaired) electrons. The van der Waals surface area contributed by atoms with Gasteiger partial charge in [-0.3, -0.25) is 4.99 Å². The molecular formula is C23H40IN5O2S. The minimum atomic E-state index is -3.37. The van der Waals surface area contributed by atoms with Crippen LogP contribution in [-0.2, 0) is 16.6 Å². The minimum absolute atomic E-state index is 0. The molecule has 0 aromatic heterocycles. The van der Waals surface area contributed by atoms with Crippen molar-refractivity contribution in [3.63, 3.8) is 0 Å². The monoisotopic (exact) mass is 577 g/mol. The molecule has 2 heterocycles. The number of hydrogen-bond acceptors (Lipinski definition) is 4. The molecule has 32 heavy (non-hydrogen) atoms. The van der Waals surface area contributed by atoms with Gasteiger partial charge in [0, 0.05) is 33.2 Å². The van der Waals surface area contributed by atoms with E-state index >= 15 is 0 Å². The van der Waals surface area contributed by atoms with Gasteiger partial charge in [0.2, 0.25) is 10.0 Å². The summed E-state index contributed by atoms with van der Waals surface area (Å²) in [4.78, 5) is 7.23. The van der Waals surface area contributed by atoms with Crippen molar-refractivity contribution >= 4 is 40.0 Å². The normalized spacial score (nSPS) is 19.4. The number of aliphatic imine (C=N–C) groups is 1. The van der Waals surface area contributed by atoms with Crippen LogP contribution >= 0.6 is 24.0 Å². The quantitative estimate of drug-likeness (QED) is 0.215. The fourth-order valence-electron chi connectivity index (χ4n) is 4.24. The maximum Gasteiger partial charge on any atom is 0.243 e. The van der Waals surface area contributed by atoms with Gasteiger partial charge < -0.3 is 15.5 Å². The predicted molar refractivity (Wildman–Crippen MR) is 142 cm³/mol. The maximum atomic E-state index is 12.8. The second-order valence-corrected chi connectivity index (χ2v) is 10.8. The lowest BCUT2D eigenvalue weighted by molar-refractivity contribution is 0.191. The summed E-state index contributed by atoms with van der Waals surface area (Å²) in [7, 11) is -1.60. The second kappa shape index (κ2) is 13.7. The molecule has 0 spiro atoms. The van der Waals surface area contributed by atoms with E-state index in [1.807, 2.05) is 12.1 Å². The number of hydrogen-bond donors (Lipinski definition) is 2. The lowest BCUT2D eigenvalue weighted by Gasteiger charge is -2.30. The highest BCUT2D eigenvalue weighted by Crippen LogP contribution is 2.21. The zero-order valence-corrected chi connectivity index (χ0v) is 22.7. The average molecular weight is 578 g/mol. The van der Waals surface area contributed by atoms with Crippen LogP contribution in [0.5, 0.6) is 0 Å². The number of guanidine groups is 1. The van der Waals surface area contributed by atoms with Crippen LogP contribution in [-0.4, -0.2) is 69.9 Å². The van der Waals surface area contributed by atoms with E-state index < -0.39 is 10.0 Å². The Balaban J connectivity index is 0.00000363. The number of sulfonamides is 1. The highest BCUT2D eigenvalue weighted by Gasteiger charge is 2.25. The Morgan fingerprint density at radius 1 is 1.03 bits per heavy atom. The maximum absolute atomic E-state index is 12.8. The molecule has 9 heteroatoms. The van der Waals surface area contributed by atoms with Gasteiger partial charge in [-0.05, 0) is 75.4 Å². The molecule has 2 N–H and O–H groups in total. The molecule has 2 aliphatic rings. The number of halogens is 1. The Labute approximate surface area is 211 Å². The standard InChI is InChI=1S/C23H39N5O2S.HI/c1-20-11-17-27(18-12-20)14-6-13-25-23(24-2)26-19-21-7-9-22(10-8-21)31(29,30)28-15-4-3-5-16-28;/h7-10,20H,3-6,11-19H2,1-2H3,(H2,24,25,26);1H. The van der Waals surface area contributed by atoms with E-state index in [2.05, 4.69) is 27.4 Å². The lowest BCUT2D eigenvalue weighted by Crippen LogP contribution is -2.39. The molecule has 182 valence electrons. The van der Waals surface area contributed by atoms with E-state index in [-0.39, 0.29) is 24.0 Å². The smallest absolute Gasteiger partial charge is 0.243 e. The zero-order valence-electron chi connectivity index (χ0n) is 19.6. The van der Waals surface area contributed by atoms with Crippen molar-refractivity contribution in [1.82, 2.24) is 19.8 Å². The van der Waals surface area contributed by atoms with Crippen molar-refractivity contribution in [2.24, 2.45) is 10.9 Å². The Kier molecular flexibility index (Phi) is 11.7. The third-order valence-electron chi connectivity index (χ3n) is 6.38. The van der Waals surface area contributed by atoms with Crippen LogP contribution in [0.25, 0.3) is 0 Å². The molecule has 0 aliphatic carbocycles. The van der Waals surface area contributed by atoms with Gasteiger partial charge in [-0.2, -0.15) is 4.31 Å². The Morgan fingerprint density at radius 2 is 1.69 bits per heavy atom. The average Bonchev–Trinajstić information content (AvgIpc) is 2.80. The molecule has 0 amide bonds. The van der Waals surface area contributed by atoms with Crippen LogP contribution in [0, 0.1) is 5.92 Å². The van der Waals surface area contributed by atoms with Crippen LogP contribution in [0.4, 0.5) is 0 Å². The molecule has 1 aromatic carbocycles. The SMILES string of the molecule is CN=C(NCCCN1CCC(C)CC1)NCc1ccc(S(=O)(=O)N2CCCCC2)cc1.I. The summed E-state index contributed by atoms with van der Waals surface area (Å²) in [5.41, 5.74) is 1.03. The van der Waals surface area contributed by atoms with Gasteiger partial charge in [-0.1, -0.05) is 25.5 Å². The van der Waals surface area contributed by atoms with E-state index in [1.165, 1.54) is 25.9 Å². The number of rotatable bonds is 8. The summed E-state index contributed by atoms with van der Waals surface area (Å²) in [6.45, 7) is 8.66. The molecule has 2 aliphatic heterocycles. The highest BCUT2D eigenvalue weighted by molar-refractivity contribution is 14.0. The summed E-state index contributed by atoms with van der Waals surface area (Å²) >= 11 is 0.